The average molecular weight is 389 g/mol. The summed E-state index contributed by atoms with van der Waals surface area (Å²) in [5.41, 5.74) is 3.74. The molecule has 7 heteroatoms. The predicted molar refractivity (Wildman–Crippen MR) is 93.5 cm³/mol. The molecule has 3 aromatic rings. The summed E-state index contributed by atoms with van der Waals surface area (Å²) in [5, 5.41) is 24.0. The van der Waals surface area contributed by atoms with Crippen LogP contribution in [0.25, 0.3) is 11.0 Å². The third-order valence-corrected chi connectivity index (χ3v) is 4.17. The fraction of sp³-hybridized carbons (Fsp3) is 0.0588. The molecule has 0 fully saturated rings. The number of phenolic OH excluding ortho intramolecular Hbond substituents is 2. The number of nitrogens with zero attached hydrogens (tertiary/aromatic N) is 1. The maximum absolute atomic E-state index is 12.2. The van der Waals surface area contributed by atoms with Gasteiger partial charge in [0.15, 0.2) is 5.76 Å². The Balaban J connectivity index is 1.83. The van der Waals surface area contributed by atoms with Gasteiger partial charge in [0.2, 0.25) is 0 Å². The molecule has 3 rings (SSSR count). The van der Waals surface area contributed by atoms with Gasteiger partial charge in [0.1, 0.15) is 17.1 Å². The van der Waals surface area contributed by atoms with Crippen LogP contribution in [0.3, 0.4) is 0 Å². The van der Waals surface area contributed by atoms with Crippen molar-refractivity contribution in [2.75, 3.05) is 0 Å². The average Bonchev–Trinajstić information content (AvgIpc) is 2.90. The Hall–Kier alpha value is -2.80. The first-order chi connectivity index (χ1) is 11.5. The van der Waals surface area contributed by atoms with E-state index in [1.54, 1.807) is 37.3 Å². The van der Waals surface area contributed by atoms with Crippen molar-refractivity contribution in [3.63, 3.8) is 0 Å². The molecule has 0 spiro atoms. The minimum Gasteiger partial charge on any atom is -0.507 e. The van der Waals surface area contributed by atoms with Gasteiger partial charge in [-0.3, -0.25) is 4.79 Å². The summed E-state index contributed by atoms with van der Waals surface area (Å²) in [6, 6.07) is 9.91. The lowest BCUT2D eigenvalue weighted by Gasteiger charge is -2.01. The number of aryl methyl sites for hydroxylation is 1. The number of hydrogen-bond donors (Lipinski definition) is 3. The fourth-order valence-electron chi connectivity index (χ4n) is 2.35. The molecule has 6 nitrogen and oxygen atoms in total. The summed E-state index contributed by atoms with van der Waals surface area (Å²) in [5.74, 6) is -0.397. The zero-order valence-electron chi connectivity index (χ0n) is 12.6. The van der Waals surface area contributed by atoms with E-state index in [1.165, 1.54) is 12.3 Å². The van der Waals surface area contributed by atoms with E-state index < -0.39 is 5.91 Å². The van der Waals surface area contributed by atoms with Crippen LogP contribution < -0.4 is 5.43 Å². The molecule has 1 heterocycles. The molecule has 0 radical (unpaired) electrons. The highest BCUT2D eigenvalue weighted by Gasteiger charge is 2.19. The van der Waals surface area contributed by atoms with Gasteiger partial charge in [-0.2, -0.15) is 5.10 Å². The van der Waals surface area contributed by atoms with E-state index >= 15 is 0 Å². The molecule has 122 valence electrons. The second-order valence-electron chi connectivity index (χ2n) is 5.08. The lowest BCUT2D eigenvalue weighted by molar-refractivity contribution is 0.0929. The summed E-state index contributed by atoms with van der Waals surface area (Å²) in [6.07, 6.45) is 1.33. The Morgan fingerprint density at radius 1 is 1.25 bits per heavy atom. The third-order valence-electron chi connectivity index (χ3n) is 3.53. The first-order valence-electron chi connectivity index (χ1n) is 7.01. The van der Waals surface area contributed by atoms with Crippen LogP contribution in [-0.2, 0) is 0 Å². The van der Waals surface area contributed by atoms with E-state index in [4.69, 9.17) is 4.42 Å². The topological polar surface area (TPSA) is 95.1 Å². The monoisotopic (exact) mass is 388 g/mol. The van der Waals surface area contributed by atoms with Crippen molar-refractivity contribution in [1.29, 1.82) is 0 Å². The standard InChI is InChI=1S/C17H13BrN2O4/c1-9-14-12(21)6-3-7-13(14)24-16(9)17(23)20-19-8-10-4-2-5-11(18)15(10)22/h2-8,21-22H,1H3,(H,20,23). The molecular formula is C17H13BrN2O4. The minimum atomic E-state index is -0.547. The number of hydrogen-bond acceptors (Lipinski definition) is 5. The van der Waals surface area contributed by atoms with Crippen LogP contribution in [0.5, 0.6) is 11.5 Å². The molecule has 0 bridgehead atoms. The molecule has 0 aliphatic rings. The zero-order valence-corrected chi connectivity index (χ0v) is 14.2. The van der Waals surface area contributed by atoms with Crippen molar-refractivity contribution in [1.82, 2.24) is 5.43 Å². The van der Waals surface area contributed by atoms with Crippen LogP contribution >= 0.6 is 15.9 Å². The number of amides is 1. The van der Waals surface area contributed by atoms with Crippen molar-refractivity contribution in [2.24, 2.45) is 5.10 Å². The fourth-order valence-corrected chi connectivity index (χ4v) is 2.73. The van der Waals surface area contributed by atoms with Gasteiger partial charge in [-0.25, -0.2) is 5.43 Å². The van der Waals surface area contributed by atoms with Gasteiger partial charge in [-0.1, -0.05) is 12.1 Å². The van der Waals surface area contributed by atoms with Gasteiger partial charge < -0.3 is 14.6 Å². The van der Waals surface area contributed by atoms with Gasteiger partial charge >= 0.3 is 5.91 Å². The zero-order chi connectivity index (χ0) is 17.3. The Labute approximate surface area is 145 Å². The summed E-state index contributed by atoms with van der Waals surface area (Å²) >= 11 is 3.20. The van der Waals surface area contributed by atoms with Crippen LogP contribution in [0.4, 0.5) is 0 Å². The lowest BCUT2D eigenvalue weighted by atomic mass is 10.1. The molecule has 1 amide bonds. The summed E-state index contributed by atoms with van der Waals surface area (Å²) < 4.78 is 6.01. The number of nitrogens with one attached hydrogen (secondary N) is 1. The number of carbonyl (C=O) groups is 1. The maximum atomic E-state index is 12.2. The van der Waals surface area contributed by atoms with Crippen LogP contribution in [0.15, 0.2) is 50.4 Å². The molecular weight excluding hydrogens is 376 g/mol. The van der Waals surface area contributed by atoms with Crippen molar-refractivity contribution >= 4 is 39.0 Å². The van der Waals surface area contributed by atoms with E-state index in [0.717, 1.165) is 0 Å². The number of halogens is 1. The highest BCUT2D eigenvalue weighted by atomic mass is 79.9. The van der Waals surface area contributed by atoms with Crippen LogP contribution in [0.1, 0.15) is 21.7 Å². The van der Waals surface area contributed by atoms with Gasteiger partial charge in [0.25, 0.3) is 0 Å². The molecule has 3 N–H and O–H groups in total. The van der Waals surface area contributed by atoms with Gasteiger partial charge in [0, 0.05) is 11.1 Å². The number of hydrazone groups is 1. The third kappa shape index (κ3) is 2.85. The molecule has 24 heavy (non-hydrogen) atoms. The van der Waals surface area contributed by atoms with Crippen LogP contribution in [-0.4, -0.2) is 22.3 Å². The van der Waals surface area contributed by atoms with Crippen molar-refractivity contribution in [3.05, 3.63) is 57.8 Å². The largest absolute Gasteiger partial charge is 0.507 e. The second-order valence-corrected chi connectivity index (χ2v) is 5.94. The summed E-state index contributed by atoms with van der Waals surface area (Å²) in [6.45, 7) is 1.68. The lowest BCUT2D eigenvalue weighted by Crippen LogP contribution is -2.17. The number of phenols is 2. The maximum Gasteiger partial charge on any atom is 0.307 e. The van der Waals surface area contributed by atoms with E-state index in [-0.39, 0.29) is 17.3 Å². The van der Waals surface area contributed by atoms with E-state index in [1.807, 2.05) is 0 Å². The predicted octanol–water partition coefficient (Wildman–Crippen LogP) is 3.68. The Morgan fingerprint density at radius 2 is 2.00 bits per heavy atom. The van der Waals surface area contributed by atoms with Crippen molar-refractivity contribution in [2.45, 2.75) is 6.92 Å². The number of aromatic hydroxyl groups is 2. The first-order valence-corrected chi connectivity index (χ1v) is 7.80. The second kappa shape index (κ2) is 6.37. The minimum absolute atomic E-state index is 0.0281. The number of para-hydroxylation sites is 1. The van der Waals surface area contributed by atoms with Crippen molar-refractivity contribution in [3.8, 4) is 11.5 Å². The molecule has 2 aromatic carbocycles. The van der Waals surface area contributed by atoms with E-state index in [2.05, 4.69) is 26.5 Å². The SMILES string of the molecule is Cc1c(C(=O)NN=Cc2cccc(Br)c2O)oc2cccc(O)c12. The molecule has 0 saturated heterocycles. The molecule has 0 aliphatic heterocycles. The molecule has 0 unspecified atom stereocenters. The molecule has 0 atom stereocenters. The number of furan rings is 1. The summed E-state index contributed by atoms with van der Waals surface area (Å²) in [7, 11) is 0. The Bertz CT molecular complexity index is 963. The Kier molecular flexibility index (Phi) is 4.26. The summed E-state index contributed by atoms with van der Waals surface area (Å²) in [4.78, 5) is 12.2. The molecule has 1 aromatic heterocycles. The highest BCUT2D eigenvalue weighted by molar-refractivity contribution is 9.10. The number of carbonyl (C=O) groups excluding carboxylic acids is 1. The van der Waals surface area contributed by atoms with Gasteiger partial charge in [-0.15, -0.1) is 0 Å². The Morgan fingerprint density at radius 3 is 2.75 bits per heavy atom. The number of benzene rings is 2. The normalized spacial score (nSPS) is 11.2. The van der Waals surface area contributed by atoms with Gasteiger partial charge in [0.05, 0.1) is 16.1 Å². The van der Waals surface area contributed by atoms with Crippen molar-refractivity contribution < 1.29 is 19.4 Å². The number of rotatable bonds is 3. The highest BCUT2D eigenvalue weighted by Crippen LogP contribution is 2.32. The smallest absolute Gasteiger partial charge is 0.307 e. The quantitative estimate of drug-likeness (QED) is 0.471. The van der Waals surface area contributed by atoms with Gasteiger partial charge in [-0.05, 0) is 47.1 Å². The molecule has 0 saturated carbocycles. The molecule has 0 aliphatic carbocycles. The van der Waals surface area contributed by atoms with E-state index in [9.17, 15) is 15.0 Å². The van der Waals surface area contributed by atoms with E-state index in [0.29, 0.717) is 26.6 Å². The number of fused-ring (bicyclic) bond motifs is 1. The first kappa shape index (κ1) is 16.1. The van der Waals surface area contributed by atoms with Crippen LogP contribution in [0.2, 0.25) is 0 Å². The van der Waals surface area contributed by atoms with Crippen LogP contribution in [0, 0.1) is 6.92 Å².